The summed E-state index contributed by atoms with van der Waals surface area (Å²) in [5.41, 5.74) is 2.78. The van der Waals surface area contributed by atoms with Gasteiger partial charge in [-0.1, -0.05) is 36.8 Å². The Labute approximate surface area is 128 Å². The first-order valence-electron chi connectivity index (χ1n) is 8.48. The average Bonchev–Trinajstić information content (AvgIpc) is 3.23. The van der Waals surface area contributed by atoms with E-state index in [-0.39, 0.29) is 0 Å². The van der Waals surface area contributed by atoms with Crippen molar-refractivity contribution in [3.8, 4) is 0 Å². The Morgan fingerprint density at radius 3 is 2.38 bits per heavy atom. The van der Waals surface area contributed by atoms with Crippen LogP contribution in [0.1, 0.15) is 43.7 Å². The number of benzene rings is 1. The molecule has 2 atom stereocenters. The molecule has 1 saturated carbocycles. The number of hydrogen-bond acceptors (Lipinski definition) is 1. The number of amides is 1. The minimum Gasteiger partial charge on any atom is -0.342 e. The zero-order valence-electron chi connectivity index (χ0n) is 13.3. The van der Waals surface area contributed by atoms with Crippen molar-refractivity contribution in [3.63, 3.8) is 0 Å². The minimum absolute atomic E-state index is 0.356. The molecule has 3 rings (SSSR count). The summed E-state index contributed by atoms with van der Waals surface area (Å²) in [6.07, 6.45) is 5.95. The van der Waals surface area contributed by atoms with Gasteiger partial charge in [-0.3, -0.25) is 4.79 Å². The van der Waals surface area contributed by atoms with Gasteiger partial charge in [-0.2, -0.15) is 0 Å². The quantitative estimate of drug-likeness (QED) is 0.823. The van der Waals surface area contributed by atoms with E-state index >= 15 is 0 Å². The zero-order valence-corrected chi connectivity index (χ0v) is 13.3. The Kier molecular flexibility index (Phi) is 4.32. The molecule has 114 valence electrons. The second kappa shape index (κ2) is 6.21. The maximum absolute atomic E-state index is 12.2. The standard InChI is InChI=1S/C19H27NO/c1-14-3-5-16(6-4-14)7-8-17-9-11-20(12-10-17)19(21)18-13-15(18)2/h3-6,15,17-18H,7-13H2,1-2H3/t15-,18-/m0/s1. The summed E-state index contributed by atoms with van der Waals surface area (Å²) in [5.74, 6) is 2.22. The number of rotatable bonds is 4. The highest BCUT2D eigenvalue weighted by Gasteiger charge is 2.41. The molecule has 2 heteroatoms. The van der Waals surface area contributed by atoms with Crippen molar-refractivity contribution in [2.75, 3.05) is 13.1 Å². The van der Waals surface area contributed by atoms with E-state index in [2.05, 4.69) is 43.0 Å². The fourth-order valence-corrected chi connectivity index (χ4v) is 3.47. The van der Waals surface area contributed by atoms with Crippen LogP contribution in [-0.2, 0) is 11.2 Å². The minimum atomic E-state index is 0.356. The van der Waals surface area contributed by atoms with Crippen LogP contribution in [0.25, 0.3) is 0 Å². The van der Waals surface area contributed by atoms with E-state index in [9.17, 15) is 4.79 Å². The van der Waals surface area contributed by atoms with Crippen LogP contribution in [-0.4, -0.2) is 23.9 Å². The third-order valence-corrected chi connectivity index (χ3v) is 5.31. The molecule has 0 unspecified atom stereocenters. The van der Waals surface area contributed by atoms with E-state index < -0.39 is 0 Å². The van der Waals surface area contributed by atoms with Crippen LogP contribution >= 0.6 is 0 Å². The molecule has 2 fully saturated rings. The van der Waals surface area contributed by atoms with Crippen LogP contribution in [0.4, 0.5) is 0 Å². The van der Waals surface area contributed by atoms with E-state index in [4.69, 9.17) is 0 Å². The summed E-state index contributed by atoms with van der Waals surface area (Å²) in [6.45, 7) is 6.30. The monoisotopic (exact) mass is 285 g/mol. The van der Waals surface area contributed by atoms with Crippen molar-refractivity contribution in [1.82, 2.24) is 4.90 Å². The number of likely N-dealkylation sites (tertiary alicyclic amines) is 1. The molecule has 0 aromatic heterocycles. The molecule has 1 aromatic carbocycles. The third kappa shape index (κ3) is 3.66. The maximum Gasteiger partial charge on any atom is 0.225 e. The van der Waals surface area contributed by atoms with Crippen LogP contribution in [0.5, 0.6) is 0 Å². The van der Waals surface area contributed by atoms with E-state index in [0.717, 1.165) is 25.4 Å². The highest BCUT2D eigenvalue weighted by atomic mass is 16.2. The molecule has 0 spiro atoms. The van der Waals surface area contributed by atoms with Crippen LogP contribution in [0.15, 0.2) is 24.3 Å². The van der Waals surface area contributed by atoms with Crippen molar-refractivity contribution in [1.29, 1.82) is 0 Å². The van der Waals surface area contributed by atoms with Gasteiger partial charge in [0.15, 0.2) is 0 Å². The smallest absolute Gasteiger partial charge is 0.225 e. The number of carbonyl (C=O) groups excluding carboxylic acids is 1. The predicted octanol–water partition coefficient (Wildman–Crippen LogP) is 3.82. The molecule has 21 heavy (non-hydrogen) atoms. The van der Waals surface area contributed by atoms with E-state index in [1.807, 2.05) is 0 Å². The van der Waals surface area contributed by atoms with Crippen molar-refractivity contribution in [2.45, 2.75) is 46.0 Å². The van der Waals surface area contributed by atoms with E-state index in [1.165, 1.54) is 36.8 Å². The summed E-state index contributed by atoms with van der Waals surface area (Å²) >= 11 is 0. The summed E-state index contributed by atoms with van der Waals surface area (Å²) < 4.78 is 0. The number of carbonyl (C=O) groups is 1. The van der Waals surface area contributed by atoms with Gasteiger partial charge >= 0.3 is 0 Å². The molecule has 1 aromatic rings. The highest BCUT2D eigenvalue weighted by molar-refractivity contribution is 5.81. The fourth-order valence-electron chi connectivity index (χ4n) is 3.47. The molecule has 1 saturated heterocycles. The van der Waals surface area contributed by atoms with Crippen LogP contribution in [0.3, 0.4) is 0 Å². The van der Waals surface area contributed by atoms with Crippen molar-refractivity contribution >= 4 is 5.91 Å². The molecule has 2 aliphatic rings. The molecule has 0 radical (unpaired) electrons. The molecule has 0 N–H and O–H groups in total. The van der Waals surface area contributed by atoms with Gasteiger partial charge in [0.1, 0.15) is 0 Å². The highest BCUT2D eigenvalue weighted by Crippen LogP contribution is 2.40. The molecule has 0 bridgehead atoms. The SMILES string of the molecule is Cc1ccc(CCC2CCN(C(=O)[C@H]3C[C@@H]3C)CC2)cc1. The topological polar surface area (TPSA) is 20.3 Å². The van der Waals surface area contributed by atoms with Gasteiger partial charge in [0.05, 0.1) is 0 Å². The van der Waals surface area contributed by atoms with Gasteiger partial charge in [0.25, 0.3) is 0 Å². The van der Waals surface area contributed by atoms with Crippen LogP contribution < -0.4 is 0 Å². The molecule has 1 heterocycles. The molecule has 1 amide bonds. The van der Waals surface area contributed by atoms with Crippen LogP contribution in [0.2, 0.25) is 0 Å². The number of nitrogens with zero attached hydrogens (tertiary/aromatic N) is 1. The van der Waals surface area contributed by atoms with Gasteiger partial charge < -0.3 is 4.90 Å². The second-order valence-corrected chi connectivity index (χ2v) is 7.11. The lowest BCUT2D eigenvalue weighted by molar-refractivity contribution is -0.134. The van der Waals surface area contributed by atoms with Gasteiger partial charge in [-0.05, 0) is 56.4 Å². The number of piperidine rings is 1. The van der Waals surface area contributed by atoms with Gasteiger partial charge in [-0.15, -0.1) is 0 Å². The lowest BCUT2D eigenvalue weighted by Gasteiger charge is -2.32. The lowest BCUT2D eigenvalue weighted by atomic mass is 9.90. The molecule has 1 aliphatic heterocycles. The lowest BCUT2D eigenvalue weighted by Crippen LogP contribution is -2.39. The predicted molar refractivity (Wildman–Crippen MR) is 86.1 cm³/mol. The fraction of sp³-hybridized carbons (Fsp3) is 0.632. The van der Waals surface area contributed by atoms with Crippen molar-refractivity contribution < 1.29 is 4.79 Å². The molecular weight excluding hydrogens is 258 g/mol. The molecule has 1 aliphatic carbocycles. The van der Waals surface area contributed by atoms with E-state index in [0.29, 0.717) is 17.7 Å². The van der Waals surface area contributed by atoms with Crippen molar-refractivity contribution in [3.05, 3.63) is 35.4 Å². The first-order valence-corrected chi connectivity index (χ1v) is 8.48. The van der Waals surface area contributed by atoms with E-state index in [1.54, 1.807) is 0 Å². The molecule has 2 nitrogen and oxygen atoms in total. The number of aryl methyl sites for hydroxylation is 2. The van der Waals surface area contributed by atoms with Gasteiger partial charge in [-0.25, -0.2) is 0 Å². The first kappa shape index (κ1) is 14.6. The molecular formula is C19H27NO. The maximum atomic E-state index is 12.2. The Balaban J connectivity index is 1.41. The Morgan fingerprint density at radius 1 is 1.19 bits per heavy atom. The summed E-state index contributed by atoms with van der Waals surface area (Å²) in [6, 6.07) is 8.91. The largest absolute Gasteiger partial charge is 0.342 e. The van der Waals surface area contributed by atoms with Gasteiger partial charge in [0.2, 0.25) is 5.91 Å². The Bertz CT molecular complexity index is 485. The summed E-state index contributed by atoms with van der Waals surface area (Å²) in [4.78, 5) is 14.3. The normalized spacial score (nSPS) is 25.9. The second-order valence-electron chi connectivity index (χ2n) is 7.11. The average molecular weight is 285 g/mol. The summed E-state index contributed by atoms with van der Waals surface area (Å²) in [7, 11) is 0. The first-order chi connectivity index (χ1) is 10.1. The third-order valence-electron chi connectivity index (χ3n) is 5.31. The van der Waals surface area contributed by atoms with Crippen molar-refractivity contribution in [2.24, 2.45) is 17.8 Å². The van der Waals surface area contributed by atoms with Crippen LogP contribution in [0, 0.1) is 24.7 Å². The zero-order chi connectivity index (χ0) is 14.8. The Morgan fingerprint density at radius 2 is 1.81 bits per heavy atom. The Hall–Kier alpha value is -1.31. The summed E-state index contributed by atoms with van der Waals surface area (Å²) in [5, 5.41) is 0. The number of hydrogen-bond donors (Lipinski definition) is 0. The van der Waals surface area contributed by atoms with Gasteiger partial charge in [0, 0.05) is 19.0 Å².